The van der Waals surface area contributed by atoms with Crippen LogP contribution in [0, 0.1) is 0 Å². The van der Waals surface area contributed by atoms with E-state index in [1.165, 1.54) is 4.90 Å². The van der Waals surface area contributed by atoms with Crippen molar-refractivity contribution in [3.05, 3.63) is 29.8 Å². The van der Waals surface area contributed by atoms with E-state index in [0.29, 0.717) is 13.0 Å². The van der Waals surface area contributed by atoms with Crippen molar-refractivity contribution in [2.24, 2.45) is 0 Å². The first-order valence-electron chi connectivity index (χ1n) is 7.08. The number of ether oxygens (including phenoxy) is 2. The van der Waals surface area contributed by atoms with Gasteiger partial charge in [-0.25, -0.2) is 8.42 Å². The van der Waals surface area contributed by atoms with E-state index in [-0.39, 0.29) is 30.1 Å². The molecule has 1 fully saturated rings. The Hall–Kier alpha value is -1.60. The van der Waals surface area contributed by atoms with Crippen molar-refractivity contribution >= 4 is 15.7 Å². The number of likely N-dealkylation sites (N-methyl/N-ethyl adjacent to an activating group) is 1. The van der Waals surface area contributed by atoms with Gasteiger partial charge in [-0.1, -0.05) is 12.1 Å². The lowest BCUT2D eigenvalue weighted by molar-refractivity contribution is -0.136. The zero-order chi connectivity index (χ0) is 16.2. The zero-order valence-corrected chi connectivity index (χ0v) is 13.6. The maximum Gasteiger partial charge on any atom is 0.248 e. The Morgan fingerprint density at radius 2 is 2.18 bits per heavy atom. The van der Waals surface area contributed by atoms with Crippen LogP contribution in [0.2, 0.25) is 0 Å². The van der Waals surface area contributed by atoms with Crippen LogP contribution in [0.15, 0.2) is 24.3 Å². The lowest BCUT2D eigenvalue weighted by Gasteiger charge is -2.23. The molecule has 1 saturated heterocycles. The van der Waals surface area contributed by atoms with Crippen LogP contribution in [-0.2, 0) is 26.0 Å². The topological polar surface area (TPSA) is 72.9 Å². The Morgan fingerprint density at radius 1 is 1.41 bits per heavy atom. The normalized spacial score (nSPS) is 19.8. The van der Waals surface area contributed by atoms with Crippen LogP contribution in [0.1, 0.15) is 12.0 Å². The van der Waals surface area contributed by atoms with Crippen LogP contribution < -0.4 is 4.74 Å². The van der Waals surface area contributed by atoms with Gasteiger partial charge in [-0.3, -0.25) is 4.79 Å². The van der Waals surface area contributed by atoms with Crippen molar-refractivity contribution in [3.63, 3.8) is 0 Å². The van der Waals surface area contributed by atoms with E-state index in [9.17, 15) is 13.2 Å². The molecule has 1 amide bonds. The van der Waals surface area contributed by atoms with E-state index in [1.54, 1.807) is 14.2 Å². The Labute approximate surface area is 130 Å². The third-order valence-electron chi connectivity index (χ3n) is 3.78. The minimum atomic E-state index is -2.99. The molecule has 1 aliphatic heterocycles. The van der Waals surface area contributed by atoms with Crippen molar-refractivity contribution in [2.75, 3.05) is 32.3 Å². The predicted molar refractivity (Wildman–Crippen MR) is 82.5 cm³/mol. The molecule has 1 aromatic rings. The largest absolute Gasteiger partial charge is 0.497 e. The average Bonchev–Trinajstić information content (AvgIpc) is 2.86. The molecule has 0 aromatic heterocycles. The number of carbonyl (C=O) groups excluding carboxylic acids is 1. The highest BCUT2D eigenvalue weighted by Gasteiger charge is 2.32. The molecule has 1 heterocycles. The summed E-state index contributed by atoms with van der Waals surface area (Å²) in [6.45, 7) is 0.240. The number of hydrogen-bond acceptors (Lipinski definition) is 5. The predicted octanol–water partition coefficient (Wildman–Crippen LogP) is 0.857. The molecule has 0 radical (unpaired) electrons. The second-order valence-electron chi connectivity index (χ2n) is 5.41. The second-order valence-corrected chi connectivity index (χ2v) is 7.63. The summed E-state index contributed by atoms with van der Waals surface area (Å²) in [5.74, 6) is 0.733. The van der Waals surface area contributed by atoms with Crippen molar-refractivity contribution in [2.45, 2.75) is 19.1 Å². The van der Waals surface area contributed by atoms with E-state index in [0.717, 1.165) is 11.3 Å². The monoisotopic (exact) mass is 327 g/mol. The number of sulfone groups is 1. The van der Waals surface area contributed by atoms with Crippen LogP contribution in [-0.4, -0.2) is 57.5 Å². The highest BCUT2D eigenvalue weighted by Crippen LogP contribution is 2.17. The van der Waals surface area contributed by atoms with Crippen LogP contribution in [0.3, 0.4) is 0 Å². The SMILES string of the molecule is COc1cccc(COCC(=O)N(C)[C@H]2CCS(=O)(=O)C2)c1. The molecule has 22 heavy (non-hydrogen) atoms. The van der Waals surface area contributed by atoms with E-state index < -0.39 is 9.84 Å². The highest BCUT2D eigenvalue weighted by molar-refractivity contribution is 7.91. The molecule has 0 spiro atoms. The van der Waals surface area contributed by atoms with E-state index in [4.69, 9.17) is 9.47 Å². The van der Waals surface area contributed by atoms with Gasteiger partial charge in [-0.15, -0.1) is 0 Å². The Morgan fingerprint density at radius 3 is 2.82 bits per heavy atom. The highest BCUT2D eigenvalue weighted by atomic mass is 32.2. The van der Waals surface area contributed by atoms with E-state index >= 15 is 0 Å². The lowest BCUT2D eigenvalue weighted by Crippen LogP contribution is -2.39. The number of amides is 1. The lowest BCUT2D eigenvalue weighted by atomic mass is 10.2. The van der Waals surface area contributed by atoms with Crippen LogP contribution >= 0.6 is 0 Å². The minimum absolute atomic E-state index is 0.0468. The molecule has 0 bridgehead atoms. The molecular formula is C15H21NO5S. The molecule has 2 rings (SSSR count). The summed E-state index contributed by atoms with van der Waals surface area (Å²) in [6.07, 6.45) is 0.500. The van der Waals surface area contributed by atoms with Gasteiger partial charge in [0, 0.05) is 13.1 Å². The van der Waals surface area contributed by atoms with Gasteiger partial charge in [-0.2, -0.15) is 0 Å². The summed E-state index contributed by atoms with van der Waals surface area (Å²) in [7, 11) is 0.225. The summed E-state index contributed by atoms with van der Waals surface area (Å²) in [4.78, 5) is 13.5. The quantitative estimate of drug-likeness (QED) is 0.775. The zero-order valence-electron chi connectivity index (χ0n) is 12.8. The van der Waals surface area contributed by atoms with Crippen LogP contribution in [0.25, 0.3) is 0 Å². The molecular weight excluding hydrogens is 306 g/mol. The standard InChI is InChI=1S/C15H21NO5S/c1-16(13-6-7-22(18,19)11-13)15(17)10-21-9-12-4-3-5-14(8-12)20-2/h3-5,8,13H,6-7,9-11H2,1-2H3/t13-/m0/s1. The molecule has 1 atom stereocenters. The first-order chi connectivity index (χ1) is 10.4. The summed E-state index contributed by atoms with van der Waals surface area (Å²) in [6, 6.07) is 7.19. The average molecular weight is 327 g/mol. The minimum Gasteiger partial charge on any atom is -0.497 e. The van der Waals surface area contributed by atoms with Gasteiger partial charge in [0.25, 0.3) is 0 Å². The second kappa shape index (κ2) is 7.11. The molecule has 0 N–H and O–H groups in total. The molecule has 0 saturated carbocycles. The molecule has 0 unspecified atom stereocenters. The molecule has 1 aliphatic rings. The third kappa shape index (κ3) is 4.45. The fourth-order valence-electron chi connectivity index (χ4n) is 2.40. The number of hydrogen-bond donors (Lipinski definition) is 0. The number of carbonyl (C=O) groups is 1. The van der Waals surface area contributed by atoms with Crippen molar-refractivity contribution in [1.29, 1.82) is 0 Å². The molecule has 7 heteroatoms. The van der Waals surface area contributed by atoms with Crippen molar-refractivity contribution in [3.8, 4) is 5.75 Å². The van der Waals surface area contributed by atoms with Gasteiger partial charge in [-0.05, 0) is 24.1 Å². The first-order valence-corrected chi connectivity index (χ1v) is 8.90. The maximum atomic E-state index is 12.0. The van der Waals surface area contributed by atoms with Gasteiger partial charge in [0.2, 0.25) is 5.91 Å². The summed E-state index contributed by atoms with van der Waals surface area (Å²) in [5, 5.41) is 0. The van der Waals surface area contributed by atoms with Crippen LogP contribution in [0.4, 0.5) is 0 Å². The van der Waals surface area contributed by atoms with Crippen molar-refractivity contribution in [1.82, 2.24) is 4.90 Å². The van der Waals surface area contributed by atoms with Gasteiger partial charge in [0.05, 0.1) is 25.2 Å². The maximum absolute atomic E-state index is 12.0. The number of benzene rings is 1. The summed E-state index contributed by atoms with van der Waals surface area (Å²) < 4.78 is 33.4. The van der Waals surface area contributed by atoms with Gasteiger partial charge in [0.1, 0.15) is 12.4 Å². The van der Waals surface area contributed by atoms with Crippen LogP contribution in [0.5, 0.6) is 5.75 Å². The smallest absolute Gasteiger partial charge is 0.248 e. The third-order valence-corrected chi connectivity index (χ3v) is 5.53. The first kappa shape index (κ1) is 16.8. The number of rotatable bonds is 6. The molecule has 0 aliphatic carbocycles. The van der Waals surface area contributed by atoms with E-state index in [1.807, 2.05) is 24.3 Å². The van der Waals surface area contributed by atoms with Gasteiger partial charge in [0.15, 0.2) is 9.84 Å². The van der Waals surface area contributed by atoms with Gasteiger partial charge >= 0.3 is 0 Å². The summed E-state index contributed by atoms with van der Waals surface area (Å²) in [5.41, 5.74) is 0.915. The molecule has 1 aromatic carbocycles. The van der Waals surface area contributed by atoms with Gasteiger partial charge < -0.3 is 14.4 Å². The summed E-state index contributed by atoms with van der Waals surface area (Å²) >= 11 is 0. The Balaban J connectivity index is 1.80. The van der Waals surface area contributed by atoms with Crippen molar-refractivity contribution < 1.29 is 22.7 Å². The number of methoxy groups -OCH3 is 1. The Bertz CT molecular complexity index is 629. The van der Waals surface area contributed by atoms with E-state index in [2.05, 4.69) is 0 Å². The molecule has 122 valence electrons. The fourth-order valence-corrected chi connectivity index (χ4v) is 4.18. The number of nitrogens with zero attached hydrogens (tertiary/aromatic N) is 1. The Kier molecular flexibility index (Phi) is 5.42. The fraction of sp³-hybridized carbons (Fsp3) is 0.533. The molecule has 6 nitrogen and oxygen atoms in total.